The first kappa shape index (κ1) is 15.6. The molecular formula is C15H22N2OS. The first-order valence-electron chi connectivity index (χ1n) is 6.50. The number of carbonyl (C=O) groups is 1. The maximum absolute atomic E-state index is 11.7. The zero-order valence-electron chi connectivity index (χ0n) is 12.0. The zero-order valence-corrected chi connectivity index (χ0v) is 12.9. The molecular weight excluding hydrogens is 256 g/mol. The van der Waals surface area contributed by atoms with Crippen LogP contribution in [0.25, 0.3) is 0 Å². The van der Waals surface area contributed by atoms with Crippen molar-refractivity contribution in [2.75, 3.05) is 5.32 Å². The summed E-state index contributed by atoms with van der Waals surface area (Å²) < 4.78 is 0. The number of hydrogen-bond donors (Lipinski definition) is 2. The van der Waals surface area contributed by atoms with Gasteiger partial charge in [-0.2, -0.15) is 0 Å². The van der Waals surface area contributed by atoms with E-state index < -0.39 is 0 Å². The lowest BCUT2D eigenvalue weighted by Gasteiger charge is -2.17. The number of aryl methyl sites for hydroxylation is 1. The summed E-state index contributed by atoms with van der Waals surface area (Å²) >= 11 is 5.12. The number of amides is 1. The van der Waals surface area contributed by atoms with Crippen LogP contribution in [0.3, 0.4) is 0 Å². The summed E-state index contributed by atoms with van der Waals surface area (Å²) in [5.74, 6) is -0.0600. The molecule has 2 N–H and O–H groups in total. The van der Waals surface area contributed by atoms with E-state index in [0.717, 1.165) is 12.1 Å². The highest BCUT2D eigenvalue weighted by molar-refractivity contribution is 7.80. The summed E-state index contributed by atoms with van der Waals surface area (Å²) in [6, 6.07) is 8.01. The van der Waals surface area contributed by atoms with Crippen molar-refractivity contribution in [1.82, 2.24) is 5.32 Å². The summed E-state index contributed by atoms with van der Waals surface area (Å²) in [6.07, 6.45) is 1.45. The highest BCUT2D eigenvalue weighted by Crippen LogP contribution is 2.17. The molecule has 0 fully saturated rings. The Morgan fingerprint density at radius 2 is 1.79 bits per heavy atom. The van der Waals surface area contributed by atoms with E-state index in [4.69, 9.17) is 12.2 Å². The van der Waals surface area contributed by atoms with Crippen LogP contribution in [-0.4, -0.2) is 11.0 Å². The quantitative estimate of drug-likeness (QED) is 0.832. The number of benzene rings is 1. The second kappa shape index (κ2) is 6.66. The van der Waals surface area contributed by atoms with Crippen LogP contribution < -0.4 is 10.6 Å². The van der Waals surface area contributed by atoms with Gasteiger partial charge in [-0.3, -0.25) is 4.79 Å². The van der Waals surface area contributed by atoms with E-state index in [1.54, 1.807) is 0 Å². The van der Waals surface area contributed by atoms with E-state index in [2.05, 4.69) is 17.6 Å². The standard InChI is InChI=1S/C15H22N2OS/c1-5-11-6-8-12(9-7-11)16-14(19)17-13(18)10-15(2,3)4/h6-9H,5,10H2,1-4H3,(H2,16,17,18,19). The second-order valence-electron chi connectivity index (χ2n) is 5.79. The first-order chi connectivity index (χ1) is 8.80. The smallest absolute Gasteiger partial charge is 0.226 e. The van der Waals surface area contributed by atoms with Crippen LogP contribution >= 0.6 is 12.2 Å². The van der Waals surface area contributed by atoms with Crippen LogP contribution in [0.15, 0.2) is 24.3 Å². The van der Waals surface area contributed by atoms with Crippen molar-refractivity contribution in [1.29, 1.82) is 0 Å². The molecule has 1 aromatic rings. The number of rotatable bonds is 3. The molecule has 0 heterocycles. The van der Waals surface area contributed by atoms with E-state index in [9.17, 15) is 4.79 Å². The van der Waals surface area contributed by atoms with Gasteiger partial charge in [-0.15, -0.1) is 0 Å². The molecule has 0 atom stereocenters. The van der Waals surface area contributed by atoms with Crippen molar-refractivity contribution in [2.24, 2.45) is 5.41 Å². The van der Waals surface area contributed by atoms with Crippen molar-refractivity contribution in [3.63, 3.8) is 0 Å². The zero-order chi connectivity index (χ0) is 14.5. The maximum Gasteiger partial charge on any atom is 0.226 e. The van der Waals surface area contributed by atoms with Gasteiger partial charge in [-0.25, -0.2) is 0 Å². The predicted octanol–water partition coefficient (Wildman–Crippen LogP) is 3.50. The topological polar surface area (TPSA) is 41.1 Å². The van der Waals surface area contributed by atoms with Gasteiger partial charge in [0.15, 0.2) is 5.11 Å². The lowest BCUT2D eigenvalue weighted by atomic mass is 9.92. The van der Waals surface area contributed by atoms with Crippen LogP contribution in [0.4, 0.5) is 5.69 Å². The molecule has 0 unspecified atom stereocenters. The Labute approximate surface area is 120 Å². The van der Waals surface area contributed by atoms with Gasteiger partial charge in [-0.05, 0) is 41.7 Å². The Morgan fingerprint density at radius 1 is 1.21 bits per heavy atom. The normalized spacial score (nSPS) is 10.9. The molecule has 0 radical (unpaired) electrons. The highest BCUT2D eigenvalue weighted by atomic mass is 32.1. The third-order valence-electron chi connectivity index (χ3n) is 2.56. The molecule has 3 nitrogen and oxygen atoms in total. The van der Waals surface area contributed by atoms with Gasteiger partial charge in [-0.1, -0.05) is 39.8 Å². The molecule has 0 saturated heterocycles. The fourth-order valence-corrected chi connectivity index (χ4v) is 1.87. The first-order valence-corrected chi connectivity index (χ1v) is 6.91. The minimum atomic E-state index is -0.0600. The molecule has 19 heavy (non-hydrogen) atoms. The van der Waals surface area contributed by atoms with E-state index >= 15 is 0 Å². The molecule has 0 spiro atoms. The van der Waals surface area contributed by atoms with Crippen molar-refractivity contribution in [3.8, 4) is 0 Å². The van der Waals surface area contributed by atoms with Crippen LogP contribution in [0.1, 0.15) is 39.7 Å². The molecule has 0 bridgehead atoms. The van der Waals surface area contributed by atoms with Crippen LogP contribution in [-0.2, 0) is 11.2 Å². The average Bonchev–Trinajstić information content (AvgIpc) is 2.27. The fraction of sp³-hybridized carbons (Fsp3) is 0.467. The van der Waals surface area contributed by atoms with Crippen molar-refractivity contribution in [2.45, 2.75) is 40.5 Å². The number of anilines is 1. The van der Waals surface area contributed by atoms with E-state index in [1.807, 2.05) is 45.0 Å². The molecule has 0 aliphatic heterocycles. The van der Waals surface area contributed by atoms with Gasteiger partial charge in [0.1, 0.15) is 0 Å². The van der Waals surface area contributed by atoms with E-state index in [-0.39, 0.29) is 11.3 Å². The third-order valence-corrected chi connectivity index (χ3v) is 2.77. The minimum Gasteiger partial charge on any atom is -0.332 e. The summed E-state index contributed by atoms with van der Waals surface area (Å²) in [5, 5.41) is 6.05. The SMILES string of the molecule is CCc1ccc(NC(=S)NC(=O)CC(C)(C)C)cc1. The van der Waals surface area contributed by atoms with Gasteiger partial charge in [0.2, 0.25) is 5.91 Å². The molecule has 0 aromatic heterocycles. The van der Waals surface area contributed by atoms with E-state index in [0.29, 0.717) is 11.5 Å². The summed E-state index contributed by atoms with van der Waals surface area (Å²) in [6.45, 7) is 8.17. The average molecular weight is 278 g/mol. The largest absolute Gasteiger partial charge is 0.332 e. The molecule has 1 amide bonds. The number of nitrogens with one attached hydrogen (secondary N) is 2. The molecule has 0 aliphatic carbocycles. The van der Waals surface area contributed by atoms with Crippen molar-refractivity contribution in [3.05, 3.63) is 29.8 Å². The Bertz CT molecular complexity index is 446. The van der Waals surface area contributed by atoms with Crippen LogP contribution in [0, 0.1) is 5.41 Å². The second-order valence-corrected chi connectivity index (χ2v) is 6.20. The highest BCUT2D eigenvalue weighted by Gasteiger charge is 2.16. The van der Waals surface area contributed by atoms with Gasteiger partial charge in [0.25, 0.3) is 0 Å². The molecule has 1 aromatic carbocycles. The van der Waals surface area contributed by atoms with Gasteiger partial charge in [0.05, 0.1) is 0 Å². The van der Waals surface area contributed by atoms with Crippen molar-refractivity contribution >= 4 is 28.9 Å². The Kier molecular flexibility index (Phi) is 5.48. The lowest BCUT2D eigenvalue weighted by molar-refractivity contribution is -0.121. The Hall–Kier alpha value is -1.42. The Balaban J connectivity index is 2.48. The predicted molar refractivity (Wildman–Crippen MR) is 84.3 cm³/mol. The summed E-state index contributed by atoms with van der Waals surface area (Å²) in [7, 11) is 0. The minimum absolute atomic E-state index is 0.0392. The molecule has 1 rings (SSSR count). The van der Waals surface area contributed by atoms with Gasteiger partial charge >= 0.3 is 0 Å². The molecule has 0 saturated carbocycles. The number of hydrogen-bond acceptors (Lipinski definition) is 2. The maximum atomic E-state index is 11.7. The van der Waals surface area contributed by atoms with Crippen LogP contribution in [0.2, 0.25) is 0 Å². The summed E-state index contributed by atoms with van der Waals surface area (Å²) in [4.78, 5) is 11.7. The number of thiocarbonyl (C=S) groups is 1. The number of carbonyl (C=O) groups excluding carboxylic acids is 1. The van der Waals surface area contributed by atoms with Gasteiger partial charge < -0.3 is 10.6 Å². The molecule has 4 heteroatoms. The third kappa shape index (κ3) is 6.34. The van der Waals surface area contributed by atoms with Gasteiger partial charge in [0, 0.05) is 12.1 Å². The van der Waals surface area contributed by atoms with Crippen LogP contribution in [0.5, 0.6) is 0 Å². The monoisotopic (exact) mass is 278 g/mol. The molecule has 104 valence electrons. The van der Waals surface area contributed by atoms with E-state index in [1.165, 1.54) is 5.56 Å². The molecule has 0 aliphatic rings. The van der Waals surface area contributed by atoms with Crippen molar-refractivity contribution < 1.29 is 4.79 Å². The fourth-order valence-electron chi connectivity index (χ4n) is 1.64. The Morgan fingerprint density at radius 3 is 2.26 bits per heavy atom. The summed E-state index contributed by atoms with van der Waals surface area (Å²) in [5.41, 5.74) is 2.12. The lowest BCUT2D eigenvalue weighted by Crippen LogP contribution is -2.36.